The summed E-state index contributed by atoms with van der Waals surface area (Å²) in [5.74, 6) is 0. The Morgan fingerprint density at radius 2 is 1.22 bits per heavy atom. The van der Waals surface area contributed by atoms with Gasteiger partial charge >= 0.3 is 9.05 Å². The normalized spacial score (nSPS) is 10.7. The summed E-state index contributed by atoms with van der Waals surface area (Å²) in [4.78, 5) is 7.78. The van der Waals surface area contributed by atoms with Gasteiger partial charge in [-0.25, -0.2) is 0 Å². The standard InChI is InChI=1S/F3HO4Si.H3N/c1-5-8(4,6-2)7-3;/h4H;1H3. The predicted octanol–water partition coefficient (Wildman–Crippen LogP) is 0.280. The topological polar surface area (TPSA) is 82.9 Å². The van der Waals surface area contributed by atoms with E-state index in [-0.39, 0.29) is 6.15 Å². The highest BCUT2D eigenvalue weighted by Crippen LogP contribution is 2.05. The van der Waals surface area contributed by atoms with Gasteiger partial charge in [0.1, 0.15) is 0 Å². The third-order valence-electron chi connectivity index (χ3n) is 0.292. The average molecular weight is 167 g/mol. The molecule has 0 aliphatic heterocycles. The zero-order valence-corrected chi connectivity index (χ0v) is 5.01. The number of halogens is 3. The fourth-order valence-corrected chi connectivity index (χ4v) is 0.107. The Kier molecular flexibility index (Phi) is 6.00. The Morgan fingerprint density at radius 3 is 1.22 bits per heavy atom. The maximum absolute atomic E-state index is 10.6. The van der Waals surface area contributed by atoms with E-state index in [4.69, 9.17) is 4.80 Å². The lowest BCUT2D eigenvalue weighted by molar-refractivity contribution is -0.245. The molecule has 0 aromatic carbocycles. The lowest BCUT2D eigenvalue weighted by atomic mass is 14.0. The van der Waals surface area contributed by atoms with E-state index in [1.54, 1.807) is 0 Å². The van der Waals surface area contributed by atoms with Crippen LogP contribution in [0.4, 0.5) is 13.6 Å². The highest BCUT2D eigenvalue weighted by Gasteiger charge is 2.48. The Hall–Kier alpha value is -0.193. The lowest BCUT2D eigenvalue weighted by Gasteiger charge is -2.02. The van der Waals surface area contributed by atoms with Gasteiger partial charge in [-0.05, 0) is 0 Å². The van der Waals surface area contributed by atoms with Gasteiger partial charge in [-0.3, -0.25) is 0 Å². The van der Waals surface area contributed by atoms with E-state index in [0.29, 0.717) is 0 Å². The van der Waals surface area contributed by atoms with Crippen molar-refractivity contribution in [2.45, 2.75) is 0 Å². The summed E-state index contributed by atoms with van der Waals surface area (Å²) in [5.41, 5.74) is 0. The highest BCUT2D eigenvalue weighted by atomic mass is 28.4. The van der Waals surface area contributed by atoms with Gasteiger partial charge in [0.2, 0.25) is 0 Å². The first-order valence-corrected chi connectivity index (χ1v) is 2.97. The Balaban J connectivity index is 0. The first kappa shape index (κ1) is 11.6. The molecule has 0 aromatic heterocycles. The quantitative estimate of drug-likeness (QED) is 0.590. The third kappa shape index (κ3) is 3.39. The third-order valence-corrected chi connectivity index (χ3v) is 0.877. The van der Waals surface area contributed by atoms with Gasteiger partial charge < -0.3 is 10.9 Å². The van der Waals surface area contributed by atoms with Crippen molar-refractivity contribution in [2.24, 2.45) is 0 Å². The van der Waals surface area contributed by atoms with E-state index >= 15 is 0 Å². The van der Waals surface area contributed by atoms with Crippen LogP contribution in [-0.2, 0) is 13.9 Å². The lowest BCUT2D eigenvalue weighted by Crippen LogP contribution is -2.39. The van der Waals surface area contributed by atoms with Gasteiger partial charge in [-0.1, -0.05) is 13.6 Å². The van der Waals surface area contributed by atoms with Crippen LogP contribution in [0, 0.1) is 0 Å². The molecule has 4 N–H and O–H groups in total. The molecule has 0 amide bonds. The molecular weight excluding hydrogens is 163 g/mol. The molecule has 0 rings (SSSR count). The minimum Gasteiger partial charge on any atom is -0.363 e. The molecule has 0 saturated carbocycles. The van der Waals surface area contributed by atoms with Crippen LogP contribution in [0.25, 0.3) is 0 Å². The molecule has 0 saturated heterocycles. The summed E-state index contributed by atoms with van der Waals surface area (Å²) in [6.07, 6.45) is 0. The fourth-order valence-electron chi connectivity index (χ4n) is 0.0357. The van der Waals surface area contributed by atoms with E-state index in [9.17, 15) is 13.6 Å². The minimum absolute atomic E-state index is 0. The van der Waals surface area contributed by atoms with Crippen LogP contribution in [0.5, 0.6) is 0 Å². The zero-order valence-electron chi connectivity index (χ0n) is 4.01. The second kappa shape index (κ2) is 4.66. The summed E-state index contributed by atoms with van der Waals surface area (Å²) < 4.78 is 38.6. The number of rotatable bonds is 3. The largest absolute Gasteiger partial charge is 0.773 e. The van der Waals surface area contributed by atoms with Crippen LogP contribution in [-0.4, -0.2) is 13.8 Å². The highest BCUT2D eigenvalue weighted by molar-refractivity contribution is 6.50. The van der Waals surface area contributed by atoms with E-state index in [1.165, 1.54) is 0 Å². The fraction of sp³-hybridized carbons (Fsp3) is 0. The van der Waals surface area contributed by atoms with Crippen molar-refractivity contribution in [3.8, 4) is 0 Å². The van der Waals surface area contributed by atoms with E-state index in [2.05, 4.69) is 13.9 Å². The minimum atomic E-state index is -5.17. The molecule has 0 spiro atoms. The zero-order chi connectivity index (χ0) is 6.62. The van der Waals surface area contributed by atoms with Gasteiger partial charge in [0.25, 0.3) is 0 Å². The molecule has 0 aliphatic carbocycles. The predicted molar refractivity (Wildman–Crippen MR) is 19.6 cm³/mol. The summed E-state index contributed by atoms with van der Waals surface area (Å²) in [6.45, 7) is 0. The van der Waals surface area contributed by atoms with Crippen molar-refractivity contribution < 1.29 is 32.3 Å². The Bertz CT molecular complexity index is 58.6. The smallest absolute Gasteiger partial charge is 0.363 e. The number of hydrogen-bond acceptors (Lipinski definition) is 5. The van der Waals surface area contributed by atoms with Gasteiger partial charge in [0.15, 0.2) is 0 Å². The van der Waals surface area contributed by atoms with Gasteiger partial charge in [-0.2, -0.15) is 0 Å². The van der Waals surface area contributed by atoms with Crippen LogP contribution in [0.15, 0.2) is 0 Å². The van der Waals surface area contributed by atoms with E-state index in [0.717, 1.165) is 0 Å². The van der Waals surface area contributed by atoms with Crippen molar-refractivity contribution in [3.05, 3.63) is 0 Å². The summed E-state index contributed by atoms with van der Waals surface area (Å²) in [5, 5.41) is 0. The molecule has 0 radical (unpaired) electrons. The van der Waals surface area contributed by atoms with Gasteiger partial charge in [0.05, 0.1) is 0 Å². The van der Waals surface area contributed by atoms with Crippen LogP contribution in [0.1, 0.15) is 0 Å². The van der Waals surface area contributed by atoms with Crippen LogP contribution < -0.4 is 6.15 Å². The van der Waals surface area contributed by atoms with E-state index < -0.39 is 9.05 Å². The maximum atomic E-state index is 10.6. The summed E-state index contributed by atoms with van der Waals surface area (Å²) in [7, 11) is -5.17. The van der Waals surface area contributed by atoms with E-state index in [1.807, 2.05) is 0 Å². The van der Waals surface area contributed by atoms with Crippen LogP contribution in [0.3, 0.4) is 0 Å². The van der Waals surface area contributed by atoms with Crippen molar-refractivity contribution in [3.63, 3.8) is 0 Å². The van der Waals surface area contributed by atoms with Crippen LogP contribution >= 0.6 is 0 Å². The van der Waals surface area contributed by atoms with Crippen molar-refractivity contribution >= 4 is 9.05 Å². The molecule has 0 unspecified atom stereocenters. The first-order chi connectivity index (χ1) is 3.68. The van der Waals surface area contributed by atoms with Crippen LogP contribution in [0.2, 0.25) is 0 Å². The summed E-state index contributed by atoms with van der Waals surface area (Å²) in [6, 6.07) is 0. The molecule has 5 nitrogen and oxygen atoms in total. The molecule has 58 valence electrons. The molecule has 0 atom stereocenters. The van der Waals surface area contributed by atoms with Crippen molar-refractivity contribution in [2.75, 3.05) is 0 Å². The molecule has 9 heteroatoms. The Labute approximate surface area is 48.7 Å². The Morgan fingerprint density at radius 1 is 1.00 bits per heavy atom. The number of hydrogen-bond donors (Lipinski definition) is 2. The first-order valence-electron chi connectivity index (χ1n) is 1.30. The second-order valence-electron chi connectivity index (χ2n) is 0.755. The molecule has 0 fully saturated rings. The maximum Gasteiger partial charge on any atom is 0.773 e. The molecule has 0 bridgehead atoms. The molecular formula is H4F3NO4Si. The van der Waals surface area contributed by atoms with Crippen molar-refractivity contribution in [1.82, 2.24) is 6.15 Å². The monoisotopic (exact) mass is 167 g/mol. The SMILES string of the molecule is N.O[Si](OF)(OF)OF. The van der Waals surface area contributed by atoms with Gasteiger partial charge in [0, 0.05) is 0 Å². The van der Waals surface area contributed by atoms with Gasteiger partial charge in [-0.15, -0.1) is 13.9 Å². The second-order valence-corrected chi connectivity index (χ2v) is 2.27. The molecule has 9 heavy (non-hydrogen) atoms. The van der Waals surface area contributed by atoms with Crippen molar-refractivity contribution in [1.29, 1.82) is 0 Å². The molecule has 0 aromatic rings. The molecule has 0 heterocycles. The average Bonchev–Trinajstić information content (AvgIpc) is 1.87. The molecule has 0 aliphatic rings. The summed E-state index contributed by atoms with van der Waals surface area (Å²) >= 11 is 0.